The number of rotatable bonds is 3. The first-order valence-corrected chi connectivity index (χ1v) is 8.37. The maximum Gasteiger partial charge on any atom is 0.223 e. The number of carbonyl (C=O) groups is 1. The van der Waals surface area contributed by atoms with Crippen LogP contribution < -0.4 is 10.2 Å². The molecule has 0 aliphatic heterocycles. The number of aryl methyl sites for hydroxylation is 1. The molecular formula is C20H19N5O. The molecule has 0 spiro atoms. The van der Waals surface area contributed by atoms with E-state index in [1.54, 1.807) is 25.2 Å². The van der Waals surface area contributed by atoms with Crippen molar-refractivity contribution >= 4 is 44.9 Å². The van der Waals surface area contributed by atoms with E-state index in [2.05, 4.69) is 26.3 Å². The van der Waals surface area contributed by atoms with Crippen LogP contribution in [0.25, 0.3) is 21.9 Å². The summed E-state index contributed by atoms with van der Waals surface area (Å²) in [6, 6.07) is 13.8. The molecule has 2 N–H and O–H groups in total. The molecule has 0 saturated heterocycles. The van der Waals surface area contributed by atoms with Gasteiger partial charge in [0.15, 0.2) is 0 Å². The Kier molecular flexibility index (Phi) is 3.80. The van der Waals surface area contributed by atoms with Crippen LogP contribution in [-0.2, 0) is 4.79 Å². The van der Waals surface area contributed by atoms with Crippen molar-refractivity contribution in [2.24, 2.45) is 0 Å². The third-order valence-corrected chi connectivity index (χ3v) is 4.51. The fraction of sp³-hybridized carbons (Fsp3) is 0.150. The largest absolute Gasteiger partial charge is 0.358 e. The lowest BCUT2D eigenvalue weighted by Gasteiger charge is -2.16. The van der Waals surface area contributed by atoms with Gasteiger partial charge in [-0.25, -0.2) is 9.97 Å². The van der Waals surface area contributed by atoms with Gasteiger partial charge < -0.3 is 15.2 Å². The Balaban J connectivity index is 1.77. The summed E-state index contributed by atoms with van der Waals surface area (Å²) in [7, 11) is 1.76. The number of H-pyrrole nitrogens is 1. The zero-order valence-electron chi connectivity index (χ0n) is 14.9. The van der Waals surface area contributed by atoms with Crippen LogP contribution in [0, 0.1) is 6.92 Å². The highest BCUT2D eigenvalue weighted by Crippen LogP contribution is 2.31. The SMILES string of the molecule is CC(=O)N(C)c1ccc(Nc2cc(C)[nH]c3ccc4ncnc4c23)cc1. The molecule has 0 unspecified atom stereocenters. The molecule has 1 amide bonds. The van der Waals surface area contributed by atoms with Gasteiger partial charge in [-0.2, -0.15) is 0 Å². The van der Waals surface area contributed by atoms with Crippen molar-refractivity contribution in [3.05, 3.63) is 54.5 Å². The van der Waals surface area contributed by atoms with E-state index in [0.29, 0.717) is 0 Å². The maximum absolute atomic E-state index is 11.5. The second-order valence-corrected chi connectivity index (χ2v) is 6.35. The van der Waals surface area contributed by atoms with Crippen LogP contribution in [-0.4, -0.2) is 27.9 Å². The van der Waals surface area contributed by atoms with Gasteiger partial charge >= 0.3 is 0 Å². The number of pyridine rings is 1. The number of hydrogen-bond acceptors (Lipinski definition) is 4. The van der Waals surface area contributed by atoms with E-state index in [0.717, 1.165) is 44.7 Å². The van der Waals surface area contributed by atoms with Gasteiger partial charge in [-0.15, -0.1) is 0 Å². The summed E-state index contributed by atoms with van der Waals surface area (Å²) in [6.07, 6.45) is 1.58. The van der Waals surface area contributed by atoms with E-state index in [1.165, 1.54) is 0 Å². The van der Waals surface area contributed by atoms with Crippen LogP contribution in [0.4, 0.5) is 17.1 Å². The maximum atomic E-state index is 11.5. The second-order valence-electron chi connectivity index (χ2n) is 6.35. The molecule has 0 aliphatic rings. The molecule has 0 atom stereocenters. The molecular weight excluding hydrogens is 326 g/mol. The Morgan fingerprint density at radius 1 is 1.12 bits per heavy atom. The molecule has 130 valence electrons. The van der Waals surface area contributed by atoms with E-state index in [9.17, 15) is 4.79 Å². The van der Waals surface area contributed by atoms with Crippen LogP contribution in [0.15, 0.2) is 48.8 Å². The summed E-state index contributed by atoms with van der Waals surface area (Å²) in [5.41, 5.74) is 6.56. The van der Waals surface area contributed by atoms with Crippen LogP contribution >= 0.6 is 0 Å². The van der Waals surface area contributed by atoms with Gasteiger partial charge in [0.05, 0.1) is 11.2 Å². The molecule has 4 aromatic rings. The van der Waals surface area contributed by atoms with Crippen molar-refractivity contribution in [1.82, 2.24) is 15.0 Å². The number of aromatic amines is 1. The minimum atomic E-state index is 0.00287. The quantitative estimate of drug-likeness (QED) is 0.585. The van der Waals surface area contributed by atoms with Gasteiger partial charge in [0.25, 0.3) is 0 Å². The molecule has 0 aliphatic carbocycles. The monoisotopic (exact) mass is 345 g/mol. The van der Waals surface area contributed by atoms with Gasteiger partial charge in [-0.05, 0) is 49.4 Å². The molecule has 0 bridgehead atoms. The van der Waals surface area contributed by atoms with Crippen LogP contribution in [0.1, 0.15) is 12.6 Å². The number of benzene rings is 2. The first-order chi connectivity index (χ1) is 12.5. The minimum Gasteiger partial charge on any atom is -0.358 e. The number of nitrogens with zero attached hydrogens (tertiary/aromatic N) is 3. The van der Waals surface area contributed by atoms with Crippen molar-refractivity contribution in [3.63, 3.8) is 0 Å². The fourth-order valence-electron chi connectivity index (χ4n) is 3.08. The average Bonchev–Trinajstić information content (AvgIpc) is 3.10. The van der Waals surface area contributed by atoms with E-state index >= 15 is 0 Å². The van der Waals surface area contributed by atoms with Crippen molar-refractivity contribution < 1.29 is 4.79 Å². The predicted octanol–water partition coefficient (Wildman–Crippen LogP) is 4.15. The van der Waals surface area contributed by atoms with Crippen LogP contribution in [0.3, 0.4) is 0 Å². The first kappa shape index (κ1) is 16.1. The van der Waals surface area contributed by atoms with Crippen molar-refractivity contribution in [2.45, 2.75) is 13.8 Å². The third-order valence-electron chi connectivity index (χ3n) is 4.51. The summed E-state index contributed by atoms with van der Waals surface area (Å²) >= 11 is 0. The fourth-order valence-corrected chi connectivity index (χ4v) is 3.08. The van der Waals surface area contributed by atoms with E-state index < -0.39 is 0 Å². The Labute approximate surface area is 150 Å². The van der Waals surface area contributed by atoms with Gasteiger partial charge in [-0.1, -0.05) is 0 Å². The van der Waals surface area contributed by atoms with E-state index in [4.69, 9.17) is 0 Å². The lowest BCUT2D eigenvalue weighted by Crippen LogP contribution is -2.22. The number of aromatic nitrogens is 3. The molecule has 0 radical (unpaired) electrons. The summed E-state index contributed by atoms with van der Waals surface area (Å²) in [4.78, 5) is 25.2. The number of imidazole rings is 1. The highest BCUT2D eigenvalue weighted by atomic mass is 16.2. The van der Waals surface area contributed by atoms with Gasteiger partial charge in [0.2, 0.25) is 5.91 Å². The molecule has 6 heteroatoms. The predicted molar refractivity (Wildman–Crippen MR) is 105 cm³/mol. The molecule has 0 fully saturated rings. The van der Waals surface area contributed by atoms with E-state index in [-0.39, 0.29) is 5.91 Å². The normalized spacial score (nSPS) is 11.0. The zero-order chi connectivity index (χ0) is 18.3. The Morgan fingerprint density at radius 2 is 1.88 bits per heavy atom. The summed E-state index contributed by atoms with van der Waals surface area (Å²) in [5.74, 6) is 0.00287. The first-order valence-electron chi connectivity index (χ1n) is 8.37. The zero-order valence-corrected chi connectivity index (χ0v) is 14.9. The smallest absolute Gasteiger partial charge is 0.223 e. The number of hydrogen-bond donors (Lipinski definition) is 2. The molecule has 26 heavy (non-hydrogen) atoms. The Hall–Kier alpha value is -3.41. The molecule has 4 rings (SSSR count). The molecule has 6 nitrogen and oxygen atoms in total. The van der Waals surface area contributed by atoms with Crippen molar-refractivity contribution in [1.29, 1.82) is 0 Å². The number of amides is 1. The molecule has 0 saturated carbocycles. The highest BCUT2D eigenvalue weighted by Gasteiger charge is 2.11. The van der Waals surface area contributed by atoms with Crippen LogP contribution in [0.5, 0.6) is 0 Å². The number of carbonyl (C=O) groups excluding carboxylic acids is 1. The average molecular weight is 345 g/mol. The van der Waals surface area contributed by atoms with Crippen molar-refractivity contribution in [3.8, 4) is 0 Å². The molecule has 2 heterocycles. The number of anilines is 3. The van der Waals surface area contributed by atoms with Crippen molar-refractivity contribution in [2.75, 3.05) is 17.3 Å². The summed E-state index contributed by atoms with van der Waals surface area (Å²) < 4.78 is 0. The lowest BCUT2D eigenvalue weighted by atomic mass is 10.1. The topological polar surface area (TPSA) is 73.9 Å². The third kappa shape index (κ3) is 2.75. The minimum absolute atomic E-state index is 0.00287. The summed E-state index contributed by atoms with van der Waals surface area (Å²) in [6.45, 7) is 3.57. The standard InChI is InChI=1S/C20H19N5O/c1-12-10-18(19-16(23-12)8-9-17-20(19)22-11-21-17)24-14-4-6-15(7-5-14)25(3)13(2)26/h4-11,23-24H,1-3H3. The molecule has 2 aromatic heterocycles. The Morgan fingerprint density at radius 3 is 2.62 bits per heavy atom. The van der Waals surface area contributed by atoms with Gasteiger partial charge in [0.1, 0.15) is 11.8 Å². The molecule has 2 aromatic carbocycles. The van der Waals surface area contributed by atoms with E-state index in [1.807, 2.05) is 43.3 Å². The summed E-state index contributed by atoms with van der Waals surface area (Å²) in [5, 5.41) is 4.48. The van der Waals surface area contributed by atoms with Gasteiger partial charge in [0, 0.05) is 41.9 Å². The Bertz CT molecular complexity index is 1110. The number of nitrogens with one attached hydrogen (secondary N) is 2. The lowest BCUT2D eigenvalue weighted by molar-refractivity contribution is -0.116. The highest BCUT2D eigenvalue weighted by molar-refractivity contribution is 6.10. The van der Waals surface area contributed by atoms with Gasteiger partial charge in [-0.3, -0.25) is 4.79 Å². The van der Waals surface area contributed by atoms with Crippen LogP contribution in [0.2, 0.25) is 0 Å². The second kappa shape index (κ2) is 6.15. The number of fused-ring (bicyclic) bond motifs is 3.